The molecule has 3 aromatic rings. The van der Waals surface area contributed by atoms with Gasteiger partial charge in [0.25, 0.3) is 0 Å². The number of rotatable bonds is 4. The summed E-state index contributed by atoms with van der Waals surface area (Å²) < 4.78 is 5.83. The number of carbonyl (C=O) groups is 1. The van der Waals surface area contributed by atoms with E-state index in [2.05, 4.69) is 28.3 Å². The number of halogens is 1. The summed E-state index contributed by atoms with van der Waals surface area (Å²) >= 11 is 5.88. The lowest BCUT2D eigenvalue weighted by Crippen LogP contribution is -2.42. The lowest BCUT2D eigenvalue weighted by Gasteiger charge is -2.33. The van der Waals surface area contributed by atoms with E-state index in [-0.39, 0.29) is 11.9 Å². The number of likely N-dealkylation sites (tertiary alicyclic amines) is 1. The molecule has 1 fully saturated rings. The Morgan fingerprint density at radius 2 is 2.13 bits per heavy atom. The number of nitrogens with one attached hydrogen (secondary N) is 1. The average Bonchev–Trinajstić information content (AvgIpc) is 2.78. The van der Waals surface area contributed by atoms with Gasteiger partial charge in [-0.3, -0.25) is 4.98 Å². The van der Waals surface area contributed by atoms with Crippen LogP contribution >= 0.6 is 11.6 Å². The number of pyridine rings is 2. The average molecular weight is 435 g/mol. The molecule has 31 heavy (non-hydrogen) atoms. The van der Waals surface area contributed by atoms with E-state index in [0.29, 0.717) is 35.4 Å². The van der Waals surface area contributed by atoms with Crippen molar-refractivity contribution in [2.24, 2.45) is 5.92 Å². The normalized spacial score (nSPS) is 17.4. The van der Waals surface area contributed by atoms with Crippen LogP contribution in [0.15, 0.2) is 72.7 Å². The molecule has 1 N–H and O–H groups in total. The first kappa shape index (κ1) is 20.9. The predicted molar refractivity (Wildman–Crippen MR) is 122 cm³/mol. The molecule has 7 heteroatoms. The molecular formula is C24H23ClN4O2. The van der Waals surface area contributed by atoms with Gasteiger partial charge < -0.3 is 15.0 Å². The molecule has 1 unspecified atom stereocenters. The molecule has 6 nitrogen and oxygen atoms in total. The Labute approximate surface area is 186 Å². The number of ether oxygens (including phenoxy) is 1. The molecule has 2 amide bonds. The number of urea groups is 1. The second-order valence-electron chi connectivity index (χ2n) is 7.48. The van der Waals surface area contributed by atoms with E-state index in [1.807, 2.05) is 35.2 Å². The molecule has 0 aliphatic carbocycles. The molecule has 0 bridgehead atoms. The summed E-state index contributed by atoms with van der Waals surface area (Å²) in [5.74, 6) is 1.47. The highest BCUT2D eigenvalue weighted by molar-refractivity contribution is 6.30. The summed E-state index contributed by atoms with van der Waals surface area (Å²) in [6, 6.07) is 14.9. The highest BCUT2D eigenvalue weighted by Gasteiger charge is 2.24. The number of benzene rings is 1. The maximum atomic E-state index is 12.6. The fraction of sp³-hybridized carbons (Fsp3) is 0.208. The van der Waals surface area contributed by atoms with E-state index >= 15 is 0 Å². The first-order valence-electron chi connectivity index (χ1n) is 10.1. The number of hydrogen-bond donors (Lipinski definition) is 1. The van der Waals surface area contributed by atoms with Crippen molar-refractivity contribution in [3.05, 3.63) is 83.3 Å². The number of aromatic nitrogens is 2. The summed E-state index contributed by atoms with van der Waals surface area (Å²) in [6.45, 7) is 3.49. The van der Waals surface area contributed by atoms with Crippen LogP contribution in [0.25, 0.3) is 6.08 Å². The van der Waals surface area contributed by atoms with Crippen LogP contribution in [0.4, 0.5) is 10.5 Å². The minimum absolute atomic E-state index is 0.0928. The van der Waals surface area contributed by atoms with E-state index < -0.39 is 0 Å². The van der Waals surface area contributed by atoms with Gasteiger partial charge in [-0.15, -0.1) is 0 Å². The lowest BCUT2D eigenvalue weighted by atomic mass is 9.91. The summed E-state index contributed by atoms with van der Waals surface area (Å²) in [5.41, 5.74) is 3.07. The first-order chi connectivity index (χ1) is 15.1. The van der Waals surface area contributed by atoms with Gasteiger partial charge in [-0.2, -0.15) is 0 Å². The Bertz CT molecular complexity index is 1070. The van der Waals surface area contributed by atoms with Crippen molar-refractivity contribution in [3.8, 4) is 11.6 Å². The maximum Gasteiger partial charge on any atom is 0.321 e. The van der Waals surface area contributed by atoms with Crippen molar-refractivity contribution in [2.75, 3.05) is 18.4 Å². The van der Waals surface area contributed by atoms with Gasteiger partial charge in [0.2, 0.25) is 5.88 Å². The van der Waals surface area contributed by atoms with Gasteiger partial charge in [0, 0.05) is 31.5 Å². The Balaban J connectivity index is 1.39. The SMILES string of the molecule is CC1CN(C(=O)Nc2cccnc2)CCC1=Cc1cccc(Oc2ccc(Cl)cn2)c1. The Morgan fingerprint density at radius 1 is 1.23 bits per heavy atom. The lowest BCUT2D eigenvalue weighted by molar-refractivity contribution is 0.198. The van der Waals surface area contributed by atoms with Crippen LogP contribution in [-0.4, -0.2) is 34.0 Å². The summed E-state index contributed by atoms with van der Waals surface area (Å²) in [5, 5.41) is 3.47. The molecule has 2 aromatic heterocycles. The summed E-state index contributed by atoms with van der Waals surface area (Å²) in [7, 11) is 0. The van der Waals surface area contributed by atoms with Crippen LogP contribution in [0.2, 0.25) is 5.02 Å². The third kappa shape index (κ3) is 5.61. The maximum absolute atomic E-state index is 12.6. The molecule has 4 rings (SSSR count). The zero-order valence-electron chi connectivity index (χ0n) is 17.2. The van der Waals surface area contributed by atoms with Crippen molar-refractivity contribution >= 4 is 29.4 Å². The van der Waals surface area contributed by atoms with E-state index in [0.717, 1.165) is 12.0 Å². The van der Waals surface area contributed by atoms with E-state index in [4.69, 9.17) is 16.3 Å². The summed E-state index contributed by atoms with van der Waals surface area (Å²) in [6.07, 6.45) is 7.89. The molecule has 1 aliphatic rings. The van der Waals surface area contributed by atoms with Gasteiger partial charge in [-0.05, 0) is 48.2 Å². The second kappa shape index (κ2) is 9.62. The van der Waals surface area contributed by atoms with Gasteiger partial charge in [-0.25, -0.2) is 9.78 Å². The number of hydrogen-bond acceptors (Lipinski definition) is 4. The quantitative estimate of drug-likeness (QED) is 0.556. The van der Waals surface area contributed by atoms with Gasteiger partial charge >= 0.3 is 6.03 Å². The Hall–Kier alpha value is -3.38. The molecule has 1 aliphatic heterocycles. The van der Waals surface area contributed by atoms with E-state index in [1.165, 1.54) is 5.57 Å². The number of amides is 2. The molecule has 1 atom stereocenters. The monoisotopic (exact) mass is 434 g/mol. The Morgan fingerprint density at radius 3 is 2.87 bits per heavy atom. The molecule has 0 spiro atoms. The van der Waals surface area contributed by atoms with Crippen molar-refractivity contribution < 1.29 is 9.53 Å². The standard InChI is InChI=1S/C24H23ClN4O2/c1-17-16-29(24(30)28-21-5-3-10-26-15-21)11-9-19(17)12-18-4-2-6-22(13-18)31-23-8-7-20(25)14-27-23/h2-8,10,12-15,17H,9,11,16H2,1H3,(H,28,30). The van der Waals surface area contributed by atoms with Gasteiger partial charge in [0.15, 0.2) is 0 Å². The molecule has 1 saturated heterocycles. The zero-order valence-corrected chi connectivity index (χ0v) is 17.9. The molecule has 3 heterocycles. The topological polar surface area (TPSA) is 67.4 Å². The first-order valence-corrected chi connectivity index (χ1v) is 10.5. The number of carbonyl (C=O) groups excluding carboxylic acids is 1. The molecular weight excluding hydrogens is 412 g/mol. The number of anilines is 1. The van der Waals surface area contributed by atoms with Gasteiger partial charge in [0.05, 0.1) is 16.9 Å². The van der Waals surface area contributed by atoms with Crippen LogP contribution in [0.1, 0.15) is 18.9 Å². The van der Waals surface area contributed by atoms with Crippen molar-refractivity contribution in [1.82, 2.24) is 14.9 Å². The van der Waals surface area contributed by atoms with Crippen LogP contribution in [0.5, 0.6) is 11.6 Å². The van der Waals surface area contributed by atoms with E-state index in [9.17, 15) is 4.79 Å². The molecule has 158 valence electrons. The minimum atomic E-state index is -0.0928. The van der Waals surface area contributed by atoms with Crippen LogP contribution < -0.4 is 10.1 Å². The highest BCUT2D eigenvalue weighted by atomic mass is 35.5. The number of piperidine rings is 1. The largest absolute Gasteiger partial charge is 0.439 e. The van der Waals surface area contributed by atoms with Crippen LogP contribution in [0, 0.1) is 5.92 Å². The smallest absolute Gasteiger partial charge is 0.321 e. The van der Waals surface area contributed by atoms with Crippen molar-refractivity contribution in [2.45, 2.75) is 13.3 Å². The van der Waals surface area contributed by atoms with Crippen LogP contribution in [-0.2, 0) is 0 Å². The van der Waals surface area contributed by atoms with Gasteiger partial charge in [0.1, 0.15) is 5.75 Å². The van der Waals surface area contributed by atoms with Gasteiger partial charge in [-0.1, -0.05) is 42.3 Å². The molecule has 0 radical (unpaired) electrons. The van der Waals surface area contributed by atoms with Crippen LogP contribution in [0.3, 0.4) is 0 Å². The van der Waals surface area contributed by atoms with Crippen molar-refractivity contribution in [1.29, 1.82) is 0 Å². The Kier molecular flexibility index (Phi) is 6.48. The summed E-state index contributed by atoms with van der Waals surface area (Å²) in [4.78, 5) is 22.6. The second-order valence-corrected chi connectivity index (χ2v) is 7.91. The van der Waals surface area contributed by atoms with Crippen molar-refractivity contribution in [3.63, 3.8) is 0 Å². The molecule has 0 saturated carbocycles. The highest BCUT2D eigenvalue weighted by Crippen LogP contribution is 2.27. The predicted octanol–water partition coefficient (Wildman–Crippen LogP) is 5.88. The third-order valence-electron chi connectivity index (χ3n) is 5.13. The fourth-order valence-electron chi connectivity index (χ4n) is 3.51. The van der Waals surface area contributed by atoms with E-state index in [1.54, 1.807) is 36.8 Å². The fourth-order valence-corrected chi connectivity index (χ4v) is 3.62. The molecule has 1 aromatic carbocycles. The third-order valence-corrected chi connectivity index (χ3v) is 5.35. The number of nitrogens with zero attached hydrogens (tertiary/aromatic N) is 3. The minimum Gasteiger partial charge on any atom is -0.439 e. The zero-order chi connectivity index (χ0) is 21.6.